The lowest BCUT2D eigenvalue weighted by atomic mass is 9.90. The molecule has 0 spiro atoms. The van der Waals surface area contributed by atoms with Crippen LogP contribution in [-0.2, 0) is 11.2 Å². The van der Waals surface area contributed by atoms with Crippen molar-refractivity contribution in [3.63, 3.8) is 0 Å². The predicted molar refractivity (Wildman–Crippen MR) is 116 cm³/mol. The van der Waals surface area contributed by atoms with Gasteiger partial charge in [0.25, 0.3) is 5.56 Å². The second kappa shape index (κ2) is 8.14. The number of aromatic nitrogens is 5. The van der Waals surface area contributed by atoms with Gasteiger partial charge in [0.1, 0.15) is 0 Å². The van der Waals surface area contributed by atoms with E-state index in [9.17, 15) is 9.59 Å². The topological polar surface area (TPSA) is 108 Å². The summed E-state index contributed by atoms with van der Waals surface area (Å²) in [5.41, 5.74) is 3.52. The third-order valence-electron chi connectivity index (χ3n) is 5.94. The lowest BCUT2D eigenvalue weighted by molar-refractivity contribution is -0.131. The molecule has 4 aromatic rings. The second-order valence-corrected chi connectivity index (χ2v) is 7.83. The SMILES string of the molecule is O=C(Cc1n[nH]c(=O)c2ccccc12)N1CCC[C@H](c2[nH]ncc2-c2ccncc2)C1. The molecular weight excluding hydrogens is 392 g/mol. The number of hydrogen-bond donors (Lipinski definition) is 2. The van der Waals surface area contributed by atoms with Crippen LogP contribution in [0.15, 0.2) is 59.8 Å². The summed E-state index contributed by atoms with van der Waals surface area (Å²) in [6.45, 7) is 1.34. The number of piperidine rings is 1. The number of amides is 1. The Kier molecular flexibility index (Phi) is 5.03. The minimum absolute atomic E-state index is 0.0133. The largest absolute Gasteiger partial charge is 0.342 e. The Labute approximate surface area is 178 Å². The third-order valence-corrected chi connectivity index (χ3v) is 5.94. The molecule has 0 bridgehead atoms. The second-order valence-electron chi connectivity index (χ2n) is 7.83. The van der Waals surface area contributed by atoms with Crippen LogP contribution in [0.25, 0.3) is 21.9 Å². The fourth-order valence-electron chi connectivity index (χ4n) is 4.37. The molecule has 1 saturated heterocycles. The zero-order chi connectivity index (χ0) is 21.2. The van der Waals surface area contributed by atoms with Gasteiger partial charge < -0.3 is 4.90 Å². The molecule has 1 aromatic carbocycles. The fourth-order valence-corrected chi connectivity index (χ4v) is 4.37. The number of nitrogens with zero attached hydrogens (tertiary/aromatic N) is 4. The summed E-state index contributed by atoms with van der Waals surface area (Å²) < 4.78 is 0. The molecule has 0 radical (unpaired) electrons. The molecule has 1 amide bonds. The molecule has 2 N–H and O–H groups in total. The third kappa shape index (κ3) is 3.72. The van der Waals surface area contributed by atoms with E-state index in [1.165, 1.54) is 0 Å². The van der Waals surface area contributed by atoms with Crippen molar-refractivity contribution in [3.8, 4) is 11.1 Å². The van der Waals surface area contributed by atoms with Crippen LogP contribution in [0, 0.1) is 0 Å². The molecule has 5 rings (SSSR count). The van der Waals surface area contributed by atoms with Gasteiger partial charge in [-0.1, -0.05) is 18.2 Å². The predicted octanol–water partition coefficient (Wildman–Crippen LogP) is 2.66. The number of pyridine rings is 1. The monoisotopic (exact) mass is 414 g/mol. The van der Waals surface area contributed by atoms with E-state index in [1.54, 1.807) is 18.5 Å². The van der Waals surface area contributed by atoms with Gasteiger partial charge in [-0.3, -0.25) is 19.7 Å². The van der Waals surface area contributed by atoms with Crippen molar-refractivity contribution in [1.82, 2.24) is 30.3 Å². The van der Waals surface area contributed by atoms with E-state index in [0.29, 0.717) is 17.6 Å². The van der Waals surface area contributed by atoms with Crippen LogP contribution >= 0.6 is 0 Å². The van der Waals surface area contributed by atoms with E-state index < -0.39 is 0 Å². The maximum absolute atomic E-state index is 13.1. The number of likely N-dealkylation sites (tertiary alicyclic amines) is 1. The van der Waals surface area contributed by atoms with Crippen molar-refractivity contribution >= 4 is 16.7 Å². The summed E-state index contributed by atoms with van der Waals surface area (Å²) in [5, 5.41) is 15.4. The highest BCUT2D eigenvalue weighted by Gasteiger charge is 2.28. The first-order chi connectivity index (χ1) is 15.2. The van der Waals surface area contributed by atoms with Crippen molar-refractivity contribution in [2.45, 2.75) is 25.2 Å². The number of aromatic amines is 2. The molecule has 156 valence electrons. The van der Waals surface area contributed by atoms with Crippen LogP contribution in [0.4, 0.5) is 0 Å². The van der Waals surface area contributed by atoms with E-state index in [1.807, 2.05) is 41.4 Å². The maximum Gasteiger partial charge on any atom is 0.272 e. The highest BCUT2D eigenvalue weighted by molar-refractivity contribution is 5.88. The Morgan fingerprint density at radius 3 is 2.74 bits per heavy atom. The Balaban J connectivity index is 1.36. The number of hydrogen-bond acceptors (Lipinski definition) is 5. The lowest BCUT2D eigenvalue weighted by Crippen LogP contribution is -2.40. The van der Waals surface area contributed by atoms with Crippen LogP contribution < -0.4 is 5.56 Å². The Morgan fingerprint density at radius 2 is 1.90 bits per heavy atom. The summed E-state index contributed by atoms with van der Waals surface area (Å²) in [6, 6.07) is 11.2. The van der Waals surface area contributed by atoms with E-state index in [0.717, 1.165) is 41.6 Å². The van der Waals surface area contributed by atoms with Gasteiger partial charge in [0.15, 0.2) is 0 Å². The zero-order valence-corrected chi connectivity index (χ0v) is 16.9. The number of nitrogens with one attached hydrogen (secondary N) is 2. The molecule has 8 nitrogen and oxygen atoms in total. The first kappa shape index (κ1) is 19.2. The molecule has 8 heteroatoms. The number of benzene rings is 1. The quantitative estimate of drug-likeness (QED) is 0.534. The molecule has 3 aromatic heterocycles. The van der Waals surface area contributed by atoms with Crippen LogP contribution in [0.2, 0.25) is 0 Å². The van der Waals surface area contributed by atoms with Crippen molar-refractivity contribution < 1.29 is 4.79 Å². The molecule has 31 heavy (non-hydrogen) atoms. The van der Waals surface area contributed by atoms with Gasteiger partial charge >= 0.3 is 0 Å². The van der Waals surface area contributed by atoms with Crippen LogP contribution in [0.5, 0.6) is 0 Å². The van der Waals surface area contributed by atoms with E-state index >= 15 is 0 Å². The van der Waals surface area contributed by atoms with E-state index in [-0.39, 0.29) is 23.8 Å². The Bertz CT molecular complexity index is 1280. The van der Waals surface area contributed by atoms with E-state index in [2.05, 4.69) is 25.4 Å². The highest BCUT2D eigenvalue weighted by atomic mass is 16.2. The average molecular weight is 414 g/mol. The fraction of sp³-hybridized carbons (Fsp3) is 0.261. The van der Waals surface area contributed by atoms with Gasteiger partial charge in [-0.15, -0.1) is 0 Å². The van der Waals surface area contributed by atoms with Crippen molar-refractivity contribution in [2.75, 3.05) is 13.1 Å². The minimum atomic E-state index is -0.243. The van der Waals surface area contributed by atoms with Gasteiger partial charge in [-0.25, -0.2) is 5.10 Å². The van der Waals surface area contributed by atoms with Crippen molar-refractivity contribution in [1.29, 1.82) is 0 Å². The zero-order valence-electron chi connectivity index (χ0n) is 16.9. The molecule has 0 unspecified atom stereocenters. The molecule has 0 saturated carbocycles. The first-order valence-electron chi connectivity index (χ1n) is 10.4. The number of carbonyl (C=O) groups excluding carboxylic acids is 1. The van der Waals surface area contributed by atoms with Crippen molar-refractivity contribution in [3.05, 3.63) is 76.7 Å². The molecule has 4 heterocycles. The lowest BCUT2D eigenvalue weighted by Gasteiger charge is -2.33. The van der Waals surface area contributed by atoms with E-state index in [4.69, 9.17) is 0 Å². The van der Waals surface area contributed by atoms with Crippen LogP contribution in [0.3, 0.4) is 0 Å². The summed E-state index contributed by atoms with van der Waals surface area (Å²) in [7, 11) is 0. The van der Waals surface area contributed by atoms with Gasteiger partial charge in [-0.05, 0) is 36.6 Å². The standard InChI is InChI=1S/C23H22N6O2/c30-21(12-20-17-5-1-2-6-18(17)23(31)28-26-20)29-11-3-4-16(14-29)22-19(13-25-27-22)15-7-9-24-10-8-15/h1-2,5-10,13,16H,3-4,11-12,14H2,(H,25,27)(H,28,31)/t16-/m0/s1. The van der Waals surface area contributed by atoms with Crippen molar-refractivity contribution in [2.24, 2.45) is 0 Å². The number of fused-ring (bicyclic) bond motifs is 1. The average Bonchev–Trinajstić information content (AvgIpc) is 3.32. The number of rotatable bonds is 4. The molecule has 1 aliphatic rings. The van der Waals surface area contributed by atoms with Crippen LogP contribution in [-0.4, -0.2) is 49.3 Å². The molecular formula is C23H22N6O2. The summed E-state index contributed by atoms with van der Waals surface area (Å²) in [5.74, 6) is 0.197. The smallest absolute Gasteiger partial charge is 0.272 e. The summed E-state index contributed by atoms with van der Waals surface area (Å²) in [4.78, 5) is 31.1. The normalized spacial score (nSPS) is 16.5. The van der Waals surface area contributed by atoms with Gasteiger partial charge in [0.2, 0.25) is 5.91 Å². The molecule has 1 fully saturated rings. The Morgan fingerprint density at radius 1 is 1.10 bits per heavy atom. The van der Waals surface area contributed by atoms with Gasteiger partial charge in [0, 0.05) is 48.0 Å². The highest BCUT2D eigenvalue weighted by Crippen LogP contribution is 2.33. The number of H-pyrrole nitrogens is 2. The first-order valence-corrected chi connectivity index (χ1v) is 10.4. The Hall–Kier alpha value is -3.81. The molecule has 1 aliphatic heterocycles. The minimum Gasteiger partial charge on any atom is -0.342 e. The molecule has 0 aliphatic carbocycles. The van der Waals surface area contributed by atoms with Gasteiger partial charge in [-0.2, -0.15) is 10.2 Å². The van der Waals surface area contributed by atoms with Gasteiger partial charge in [0.05, 0.1) is 23.7 Å². The molecule has 1 atom stereocenters. The maximum atomic E-state index is 13.1. The number of carbonyl (C=O) groups is 1. The summed E-state index contributed by atoms with van der Waals surface area (Å²) in [6.07, 6.45) is 7.44. The summed E-state index contributed by atoms with van der Waals surface area (Å²) >= 11 is 0. The van der Waals surface area contributed by atoms with Crippen LogP contribution in [0.1, 0.15) is 30.1 Å².